The number of rotatable bonds is 6. The molecule has 0 aliphatic rings. The van der Waals surface area contributed by atoms with Crippen LogP contribution >= 0.6 is 0 Å². The van der Waals surface area contributed by atoms with Gasteiger partial charge in [-0.15, -0.1) is 0 Å². The summed E-state index contributed by atoms with van der Waals surface area (Å²) in [4.78, 5) is 12.7. The van der Waals surface area contributed by atoms with E-state index in [1.165, 1.54) is 18.2 Å². The molecule has 1 aromatic heterocycles. The van der Waals surface area contributed by atoms with Gasteiger partial charge in [-0.05, 0) is 56.2 Å². The lowest BCUT2D eigenvalue weighted by Gasteiger charge is -2.15. The maximum absolute atomic E-state index is 13.0. The van der Waals surface area contributed by atoms with E-state index in [0.29, 0.717) is 29.1 Å². The molecule has 0 spiro atoms. The van der Waals surface area contributed by atoms with Crippen molar-refractivity contribution in [2.75, 3.05) is 11.9 Å². The third kappa shape index (κ3) is 5.09. The van der Waals surface area contributed by atoms with E-state index in [0.717, 1.165) is 34.2 Å². The predicted octanol–water partition coefficient (Wildman–Crippen LogP) is 7.87. The van der Waals surface area contributed by atoms with Crippen molar-refractivity contribution in [3.05, 3.63) is 89.7 Å². The zero-order valence-electron chi connectivity index (χ0n) is 19.5. The molecule has 1 amide bonds. The Bertz CT molecular complexity index is 1400. The average molecular weight is 479 g/mol. The fourth-order valence-electron chi connectivity index (χ4n) is 4.01. The van der Waals surface area contributed by atoms with Crippen LogP contribution in [-0.4, -0.2) is 12.5 Å². The molecule has 7 heteroatoms. The summed E-state index contributed by atoms with van der Waals surface area (Å²) in [6.07, 6.45) is -1.44. The summed E-state index contributed by atoms with van der Waals surface area (Å²) in [6, 6.07) is 16.2. The van der Waals surface area contributed by atoms with Crippen LogP contribution < -0.4 is 10.1 Å². The van der Waals surface area contributed by atoms with Gasteiger partial charge in [-0.2, -0.15) is 13.2 Å². The average Bonchev–Trinajstić information content (AvgIpc) is 3.25. The molecular weight excluding hydrogens is 455 g/mol. The maximum Gasteiger partial charge on any atom is 0.416 e. The number of amides is 1. The first kappa shape index (κ1) is 24.1. The standard InChI is InChI=1S/C28H24F3NO3/c1-4-34-26-18(3)27-23(24(16-35-27)19-9-6-5-7-10-19)15-22(26)17(2)13-25(33)32-21-12-8-11-20(14-21)28(29,30)31/h5-16H,4H2,1-3H3,(H,32,33)/b17-13+. The van der Waals surface area contributed by atoms with E-state index in [4.69, 9.17) is 9.15 Å². The summed E-state index contributed by atoms with van der Waals surface area (Å²) < 4.78 is 50.8. The van der Waals surface area contributed by atoms with Crippen molar-refractivity contribution in [3.8, 4) is 16.9 Å². The minimum Gasteiger partial charge on any atom is -0.493 e. The van der Waals surface area contributed by atoms with E-state index in [-0.39, 0.29) is 5.69 Å². The van der Waals surface area contributed by atoms with E-state index in [9.17, 15) is 18.0 Å². The molecule has 4 nitrogen and oxygen atoms in total. The van der Waals surface area contributed by atoms with Gasteiger partial charge in [0.05, 0.1) is 18.4 Å². The highest BCUT2D eigenvalue weighted by Crippen LogP contribution is 2.40. The Kier molecular flexibility index (Phi) is 6.69. The number of carbonyl (C=O) groups excluding carboxylic acids is 1. The van der Waals surface area contributed by atoms with Gasteiger partial charge in [-0.25, -0.2) is 0 Å². The van der Waals surface area contributed by atoms with Crippen molar-refractivity contribution in [2.45, 2.75) is 26.9 Å². The fraction of sp³-hybridized carbons (Fsp3) is 0.179. The molecule has 0 saturated heterocycles. The van der Waals surface area contributed by atoms with Crippen LogP contribution in [0.4, 0.5) is 18.9 Å². The zero-order chi connectivity index (χ0) is 25.2. The normalized spacial score (nSPS) is 12.1. The van der Waals surface area contributed by atoms with E-state index in [1.54, 1.807) is 13.2 Å². The molecular formula is C28H24F3NO3. The number of nitrogens with one attached hydrogen (secondary N) is 1. The predicted molar refractivity (Wildman–Crippen MR) is 131 cm³/mol. The molecule has 0 aliphatic heterocycles. The number of aryl methyl sites for hydroxylation is 1. The van der Waals surface area contributed by atoms with Gasteiger partial charge < -0.3 is 14.5 Å². The Morgan fingerprint density at radius 3 is 2.51 bits per heavy atom. The number of halogens is 3. The third-order valence-corrected chi connectivity index (χ3v) is 5.65. The summed E-state index contributed by atoms with van der Waals surface area (Å²) in [5.74, 6) is 0.0482. The van der Waals surface area contributed by atoms with Crippen LogP contribution in [0.25, 0.3) is 27.7 Å². The van der Waals surface area contributed by atoms with Gasteiger partial charge >= 0.3 is 6.18 Å². The summed E-state index contributed by atoms with van der Waals surface area (Å²) in [6.45, 7) is 5.93. The van der Waals surface area contributed by atoms with Crippen LogP contribution in [0, 0.1) is 6.92 Å². The largest absolute Gasteiger partial charge is 0.493 e. The third-order valence-electron chi connectivity index (χ3n) is 5.65. The SMILES string of the molecule is CCOc1c(/C(C)=C/C(=O)Nc2cccc(C(F)(F)F)c2)cc2c(-c3ccccc3)coc2c1C. The van der Waals surface area contributed by atoms with Gasteiger partial charge in [0.1, 0.15) is 11.3 Å². The number of hydrogen-bond donors (Lipinski definition) is 1. The second kappa shape index (κ2) is 9.70. The number of benzene rings is 3. The molecule has 0 aliphatic carbocycles. The van der Waals surface area contributed by atoms with Crippen LogP contribution in [-0.2, 0) is 11.0 Å². The van der Waals surface area contributed by atoms with E-state index < -0.39 is 17.6 Å². The number of ether oxygens (including phenoxy) is 1. The monoisotopic (exact) mass is 479 g/mol. The van der Waals surface area contributed by atoms with Crippen LogP contribution in [0.1, 0.15) is 30.5 Å². The van der Waals surface area contributed by atoms with Crippen molar-refractivity contribution in [1.82, 2.24) is 0 Å². The van der Waals surface area contributed by atoms with Crippen molar-refractivity contribution in [1.29, 1.82) is 0 Å². The first-order valence-corrected chi connectivity index (χ1v) is 11.1. The number of furan rings is 1. The molecule has 3 aromatic carbocycles. The van der Waals surface area contributed by atoms with Gasteiger partial charge in [0.25, 0.3) is 0 Å². The van der Waals surface area contributed by atoms with Gasteiger partial charge in [0.2, 0.25) is 5.91 Å². The van der Waals surface area contributed by atoms with E-state index in [1.807, 2.05) is 50.2 Å². The van der Waals surface area contributed by atoms with Crippen LogP contribution in [0.5, 0.6) is 5.75 Å². The lowest BCUT2D eigenvalue weighted by molar-refractivity contribution is -0.137. The number of fused-ring (bicyclic) bond motifs is 1. The Labute approximate surface area is 201 Å². The highest BCUT2D eigenvalue weighted by Gasteiger charge is 2.30. The lowest BCUT2D eigenvalue weighted by atomic mass is 9.96. The van der Waals surface area contributed by atoms with Crippen molar-refractivity contribution < 1.29 is 27.1 Å². The molecule has 0 radical (unpaired) electrons. The summed E-state index contributed by atoms with van der Waals surface area (Å²) in [5, 5.41) is 3.39. The molecule has 0 atom stereocenters. The number of anilines is 1. The Morgan fingerprint density at radius 1 is 1.09 bits per heavy atom. The van der Waals surface area contributed by atoms with Crippen molar-refractivity contribution in [2.24, 2.45) is 0 Å². The van der Waals surface area contributed by atoms with E-state index in [2.05, 4.69) is 5.32 Å². The molecule has 4 aromatic rings. The second-order valence-corrected chi connectivity index (χ2v) is 8.10. The molecule has 180 valence electrons. The molecule has 0 unspecified atom stereocenters. The van der Waals surface area contributed by atoms with Crippen LogP contribution in [0.15, 0.2) is 77.4 Å². The zero-order valence-corrected chi connectivity index (χ0v) is 19.5. The Hall–Kier alpha value is -4.00. The molecule has 4 rings (SSSR count). The summed E-state index contributed by atoms with van der Waals surface area (Å²) in [7, 11) is 0. The molecule has 0 bridgehead atoms. The maximum atomic E-state index is 13.0. The fourth-order valence-corrected chi connectivity index (χ4v) is 4.01. The first-order valence-electron chi connectivity index (χ1n) is 11.1. The highest BCUT2D eigenvalue weighted by molar-refractivity contribution is 6.06. The van der Waals surface area contributed by atoms with Gasteiger partial charge in [0.15, 0.2) is 0 Å². The van der Waals surface area contributed by atoms with Gasteiger partial charge in [-0.1, -0.05) is 36.4 Å². The van der Waals surface area contributed by atoms with Crippen LogP contribution in [0.2, 0.25) is 0 Å². The quantitative estimate of drug-likeness (QED) is 0.286. The number of carbonyl (C=O) groups is 1. The van der Waals surface area contributed by atoms with Crippen LogP contribution in [0.3, 0.4) is 0 Å². The van der Waals surface area contributed by atoms with E-state index >= 15 is 0 Å². The number of hydrogen-bond acceptors (Lipinski definition) is 3. The van der Waals surface area contributed by atoms with Gasteiger partial charge in [0, 0.05) is 33.8 Å². The smallest absolute Gasteiger partial charge is 0.416 e. The molecule has 1 heterocycles. The van der Waals surface area contributed by atoms with Crippen molar-refractivity contribution in [3.63, 3.8) is 0 Å². The Balaban J connectivity index is 1.73. The number of alkyl halides is 3. The Morgan fingerprint density at radius 2 is 1.83 bits per heavy atom. The first-order chi connectivity index (χ1) is 16.7. The topological polar surface area (TPSA) is 51.5 Å². The lowest BCUT2D eigenvalue weighted by Crippen LogP contribution is -2.11. The number of allylic oxidation sites excluding steroid dienone is 1. The second-order valence-electron chi connectivity index (χ2n) is 8.10. The molecule has 0 saturated carbocycles. The summed E-state index contributed by atoms with van der Waals surface area (Å²) >= 11 is 0. The summed E-state index contributed by atoms with van der Waals surface area (Å²) in [5.41, 5.74) is 3.93. The molecule has 1 N–H and O–H groups in total. The molecule has 35 heavy (non-hydrogen) atoms. The minimum atomic E-state index is -4.49. The highest BCUT2D eigenvalue weighted by atomic mass is 19.4. The van der Waals surface area contributed by atoms with Gasteiger partial charge in [-0.3, -0.25) is 4.79 Å². The molecule has 0 fully saturated rings. The minimum absolute atomic E-state index is 0.0618. The van der Waals surface area contributed by atoms with Crippen molar-refractivity contribution >= 4 is 28.1 Å².